The molecule has 2 rings (SSSR count). The molecule has 1 aliphatic carbocycles. The fourth-order valence-electron chi connectivity index (χ4n) is 1.36. The van der Waals surface area contributed by atoms with Crippen LogP contribution in [0.15, 0.2) is 28.7 Å². The van der Waals surface area contributed by atoms with E-state index in [2.05, 4.69) is 4.40 Å². The predicted octanol–water partition coefficient (Wildman–Crippen LogP) is 1.61. The second kappa shape index (κ2) is 4.25. The van der Waals surface area contributed by atoms with Crippen LogP contribution in [-0.4, -0.2) is 27.0 Å². The zero-order chi connectivity index (χ0) is 11.6. The van der Waals surface area contributed by atoms with Gasteiger partial charge in [-0.2, -0.15) is 4.40 Å². The number of sulfonamides is 1. The molecule has 4 nitrogen and oxygen atoms in total. The van der Waals surface area contributed by atoms with Gasteiger partial charge in [0.2, 0.25) is 0 Å². The van der Waals surface area contributed by atoms with Gasteiger partial charge in [0.25, 0.3) is 10.0 Å². The predicted molar refractivity (Wildman–Crippen MR) is 62.5 cm³/mol. The van der Waals surface area contributed by atoms with Gasteiger partial charge in [0.15, 0.2) is 0 Å². The molecule has 86 valence electrons. The van der Waals surface area contributed by atoms with Gasteiger partial charge in [-0.25, -0.2) is 8.42 Å². The van der Waals surface area contributed by atoms with E-state index in [0.29, 0.717) is 11.3 Å². The molecule has 0 aromatic heterocycles. The Hall–Kier alpha value is -1.36. The quantitative estimate of drug-likeness (QED) is 0.750. The number of methoxy groups -OCH3 is 1. The van der Waals surface area contributed by atoms with Crippen molar-refractivity contribution in [1.82, 2.24) is 0 Å². The molecule has 0 amide bonds. The van der Waals surface area contributed by atoms with Gasteiger partial charge in [-0.15, -0.1) is 0 Å². The lowest BCUT2D eigenvalue weighted by Gasteiger charge is -2.02. The number of benzene rings is 1. The number of hydrogen-bond donors (Lipinski definition) is 0. The summed E-state index contributed by atoms with van der Waals surface area (Å²) in [4.78, 5) is 0. The monoisotopic (exact) mass is 239 g/mol. The minimum atomic E-state index is -3.30. The van der Waals surface area contributed by atoms with E-state index >= 15 is 0 Å². The molecule has 1 aromatic rings. The topological polar surface area (TPSA) is 55.7 Å². The van der Waals surface area contributed by atoms with Crippen LogP contribution in [0.4, 0.5) is 0 Å². The SMILES string of the molecule is COc1ccccc1/C=N/S(=O)(=O)C1CC1. The molecule has 0 saturated heterocycles. The van der Waals surface area contributed by atoms with Gasteiger partial charge in [-0.05, 0) is 25.0 Å². The Kier molecular flexibility index (Phi) is 2.96. The molecule has 0 heterocycles. The molecule has 0 bridgehead atoms. The van der Waals surface area contributed by atoms with E-state index in [-0.39, 0.29) is 5.25 Å². The van der Waals surface area contributed by atoms with Crippen LogP contribution in [0, 0.1) is 0 Å². The molecular weight excluding hydrogens is 226 g/mol. The van der Waals surface area contributed by atoms with Crippen LogP contribution in [-0.2, 0) is 10.0 Å². The van der Waals surface area contributed by atoms with E-state index in [4.69, 9.17) is 4.74 Å². The van der Waals surface area contributed by atoms with E-state index in [0.717, 1.165) is 12.8 Å². The number of hydrogen-bond acceptors (Lipinski definition) is 3. The van der Waals surface area contributed by atoms with Crippen molar-refractivity contribution in [3.63, 3.8) is 0 Å². The lowest BCUT2D eigenvalue weighted by molar-refractivity contribution is 0.414. The van der Waals surface area contributed by atoms with Crippen LogP contribution in [0.2, 0.25) is 0 Å². The highest BCUT2D eigenvalue weighted by atomic mass is 32.2. The molecule has 0 unspecified atom stereocenters. The van der Waals surface area contributed by atoms with Gasteiger partial charge < -0.3 is 4.74 Å². The third kappa shape index (κ3) is 2.41. The van der Waals surface area contributed by atoms with Gasteiger partial charge in [-0.3, -0.25) is 0 Å². The number of nitrogens with zero attached hydrogens (tertiary/aromatic N) is 1. The first-order valence-electron chi connectivity index (χ1n) is 5.05. The summed E-state index contributed by atoms with van der Waals surface area (Å²) < 4.78 is 31.8. The summed E-state index contributed by atoms with van der Waals surface area (Å²) in [6, 6.07) is 7.18. The van der Waals surface area contributed by atoms with Crippen molar-refractivity contribution in [2.45, 2.75) is 18.1 Å². The molecule has 1 fully saturated rings. The van der Waals surface area contributed by atoms with Crippen molar-refractivity contribution in [3.05, 3.63) is 29.8 Å². The van der Waals surface area contributed by atoms with Gasteiger partial charge in [0, 0.05) is 5.56 Å². The Morgan fingerprint density at radius 1 is 1.38 bits per heavy atom. The molecular formula is C11H13NO3S. The highest BCUT2D eigenvalue weighted by molar-refractivity contribution is 7.91. The molecule has 1 aliphatic rings. The lowest BCUT2D eigenvalue weighted by Crippen LogP contribution is -2.03. The molecule has 5 heteroatoms. The Balaban J connectivity index is 2.23. The zero-order valence-corrected chi connectivity index (χ0v) is 9.78. The van der Waals surface area contributed by atoms with Crippen molar-refractivity contribution in [1.29, 1.82) is 0 Å². The van der Waals surface area contributed by atoms with Crippen LogP contribution in [0.3, 0.4) is 0 Å². The fourth-order valence-corrected chi connectivity index (χ4v) is 2.52. The van der Waals surface area contributed by atoms with Gasteiger partial charge in [0.1, 0.15) is 5.75 Å². The fraction of sp³-hybridized carbons (Fsp3) is 0.364. The maximum atomic E-state index is 11.5. The minimum Gasteiger partial charge on any atom is -0.496 e. The highest BCUT2D eigenvalue weighted by Gasteiger charge is 2.35. The summed E-state index contributed by atoms with van der Waals surface area (Å²) in [5.41, 5.74) is 0.675. The van der Waals surface area contributed by atoms with Crippen molar-refractivity contribution < 1.29 is 13.2 Å². The van der Waals surface area contributed by atoms with E-state index in [1.165, 1.54) is 6.21 Å². The lowest BCUT2D eigenvalue weighted by atomic mass is 10.2. The summed E-state index contributed by atoms with van der Waals surface area (Å²) in [6.07, 6.45) is 2.81. The third-order valence-electron chi connectivity index (χ3n) is 2.42. The van der Waals surface area contributed by atoms with E-state index < -0.39 is 10.0 Å². The molecule has 16 heavy (non-hydrogen) atoms. The van der Waals surface area contributed by atoms with Gasteiger partial charge >= 0.3 is 0 Å². The largest absolute Gasteiger partial charge is 0.496 e. The van der Waals surface area contributed by atoms with Crippen LogP contribution >= 0.6 is 0 Å². The smallest absolute Gasteiger partial charge is 0.255 e. The summed E-state index contributed by atoms with van der Waals surface area (Å²) in [7, 11) is -1.75. The zero-order valence-electron chi connectivity index (χ0n) is 8.96. The first-order valence-corrected chi connectivity index (χ1v) is 6.56. The maximum Gasteiger partial charge on any atom is 0.255 e. The maximum absolute atomic E-state index is 11.5. The molecule has 1 saturated carbocycles. The second-order valence-corrected chi connectivity index (χ2v) is 5.60. The highest BCUT2D eigenvalue weighted by Crippen LogP contribution is 2.29. The third-order valence-corrected chi connectivity index (χ3v) is 4.14. The molecule has 1 aromatic carbocycles. The second-order valence-electron chi connectivity index (χ2n) is 3.69. The molecule has 0 spiro atoms. The van der Waals surface area contributed by atoms with Crippen molar-refractivity contribution >= 4 is 16.2 Å². The van der Waals surface area contributed by atoms with Crippen molar-refractivity contribution in [3.8, 4) is 5.75 Å². The Morgan fingerprint density at radius 3 is 2.69 bits per heavy atom. The summed E-state index contributed by atoms with van der Waals surface area (Å²) in [6.45, 7) is 0. The summed E-state index contributed by atoms with van der Waals surface area (Å²) >= 11 is 0. The average Bonchev–Trinajstić information content (AvgIpc) is 3.11. The van der Waals surface area contributed by atoms with Crippen LogP contribution in [0.1, 0.15) is 18.4 Å². The Labute approximate surface area is 95.0 Å². The van der Waals surface area contributed by atoms with Crippen molar-refractivity contribution in [2.24, 2.45) is 4.40 Å². The summed E-state index contributed by atoms with van der Waals surface area (Å²) in [5.74, 6) is 0.622. The average molecular weight is 239 g/mol. The molecule has 0 N–H and O–H groups in total. The minimum absolute atomic E-state index is 0.265. The van der Waals surface area contributed by atoms with Gasteiger partial charge in [-0.1, -0.05) is 12.1 Å². The van der Waals surface area contributed by atoms with E-state index in [9.17, 15) is 8.42 Å². The van der Waals surface area contributed by atoms with E-state index in [1.807, 2.05) is 12.1 Å². The normalized spacial score (nSPS) is 16.6. The van der Waals surface area contributed by atoms with Crippen molar-refractivity contribution in [2.75, 3.05) is 7.11 Å². The van der Waals surface area contributed by atoms with Crippen LogP contribution in [0.25, 0.3) is 0 Å². The van der Waals surface area contributed by atoms with Gasteiger partial charge in [0.05, 0.1) is 18.6 Å². The number of rotatable bonds is 4. The standard InChI is InChI=1S/C11H13NO3S/c1-15-11-5-3-2-4-9(11)8-12-16(13,14)10-6-7-10/h2-5,8,10H,6-7H2,1H3/b12-8+. The van der Waals surface area contributed by atoms with Crippen LogP contribution < -0.4 is 4.74 Å². The Morgan fingerprint density at radius 2 is 2.06 bits per heavy atom. The van der Waals surface area contributed by atoms with E-state index in [1.54, 1.807) is 19.2 Å². The summed E-state index contributed by atoms with van der Waals surface area (Å²) in [5, 5.41) is -0.265. The number of ether oxygens (including phenoxy) is 1. The Bertz CT molecular complexity index is 504. The molecule has 0 aliphatic heterocycles. The van der Waals surface area contributed by atoms with Crippen LogP contribution in [0.5, 0.6) is 5.75 Å². The molecule has 0 radical (unpaired) electrons. The number of para-hydroxylation sites is 1. The first-order chi connectivity index (χ1) is 7.63. The first kappa shape index (κ1) is 11.1. The molecule has 0 atom stereocenters.